The smallest absolute Gasteiger partial charge is 0.343 e. The molecule has 1 heterocycles. The highest BCUT2D eigenvalue weighted by Crippen LogP contribution is 2.14. The molecule has 0 bridgehead atoms. The second-order valence-electron chi connectivity index (χ2n) is 1.73. The molecule has 1 unspecified atom stereocenters. The van der Waals surface area contributed by atoms with Gasteiger partial charge in [-0.15, -0.1) is 0 Å². The highest BCUT2D eigenvalue weighted by atomic mass is 19.1. The van der Waals surface area contributed by atoms with E-state index in [9.17, 15) is 9.18 Å². The van der Waals surface area contributed by atoms with E-state index in [1.807, 2.05) is 0 Å². The minimum Gasteiger partial charge on any atom is -0.479 e. The van der Waals surface area contributed by atoms with E-state index in [1.165, 1.54) is 6.20 Å². The second-order valence-corrected chi connectivity index (χ2v) is 1.73. The first kappa shape index (κ1) is 6.73. The number of alkyl halides is 1. The van der Waals surface area contributed by atoms with Crippen LogP contribution >= 0.6 is 0 Å². The van der Waals surface area contributed by atoms with Crippen LogP contribution in [-0.2, 0) is 4.79 Å². The third kappa shape index (κ3) is 1.12. The number of nitrogens with zero attached hydrogens (tertiary/aromatic N) is 1. The fraction of sp³-hybridized carbons (Fsp3) is 0.200. The second kappa shape index (κ2) is 2.47. The van der Waals surface area contributed by atoms with E-state index in [4.69, 9.17) is 5.11 Å². The predicted octanol–water partition coefficient (Wildman–Crippen LogP) is 0.505. The van der Waals surface area contributed by atoms with E-state index in [0.717, 1.165) is 6.20 Å². The maximum atomic E-state index is 12.4. The lowest BCUT2D eigenvalue weighted by Crippen LogP contribution is -2.04. The summed E-state index contributed by atoms with van der Waals surface area (Å²) in [6.45, 7) is 0. The average Bonchev–Trinajstić information content (AvgIpc) is 2.36. The van der Waals surface area contributed by atoms with Crippen LogP contribution in [0.2, 0.25) is 0 Å². The number of rotatable bonds is 2. The minimum absolute atomic E-state index is 0.0347. The fourth-order valence-electron chi connectivity index (χ4n) is 0.542. The van der Waals surface area contributed by atoms with Crippen molar-refractivity contribution in [2.75, 3.05) is 0 Å². The number of carboxylic acid groups (broad SMARTS) is 1. The van der Waals surface area contributed by atoms with Gasteiger partial charge in [-0.3, -0.25) is 5.10 Å². The van der Waals surface area contributed by atoms with E-state index in [2.05, 4.69) is 10.2 Å². The number of aliphatic carboxylic acids is 1. The molecule has 0 saturated heterocycles. The number of carbonyl (C=O) groups is 1. The zero-order chi connectivity index (χ0) is 7.56. The van der Waals surface area contributed by atoms with Gasteiger partial charge in [0.2, 0.25) is 6.17 Å². The van der Waals surface area contributed by atoms with Crippen LogP contribution in [0.15, 0.2) is 12.4 Å². The van der Waals surface area contributed by atoms with Crippen molar-refractivity contribution in [3.63, 3.8) is 0 Å². The summed E-state index contributed by atoms with van der Waals surface area (Å²) in [6, 6.07) is 0. The van der Waals surface area contributed by atoms with Gasteiger partial charge in [-0.2, -0.15) is 5.10 Å². The van der Waals surface area contributed by atoms with Crippen LogP contribution in [0.3, 0.4) is 0 Å². The van der Waals surface area contributed by atoms with Crippen LogP contribution in [-0.4, -0.2) is 21.3 Å². The molecular weight excluding hydrogens is 139 g/mol. The van der Waals surface area contributed by atoms with Crippen LogP contribution in [0.5, 0.6) is 0 Å². The highest BCUT2D eigenvalue weighted by molar-refractivity contribution is 5.73. The molecular formula is C5H5FN2O2. The Balaban J connectivity index is 2.77. The molecule has 0 aliphatic rings. The van der Waals surface area contributed by atoms with E-state index >= 15 is 0 Å². The largest absolute Gasteiger partial charge is 0.479 e. The monoisotopic (exact) mass is 144 g/mol. The van der Waals surface area contributed by atoms with Crippen LogP contribution < -0.4 is 0 Å². The van der Waals surface area contributed by atoms with Gasteiger partial charge in [-0.25, -0.2) is 9.18 Å². The predicted molar refractivity (Wildman–Crippen MR) is 30.1 cm³/mol. The third-order valence-electron chi connectivity index (χ3n) is 1.03. The molecule has 0 fully saturated rings. The molecule has 0 aromatic carbocycles. The lowest BCUT2D eigenvalue weighted by molar-refractivity contribution is -0.143. The number of hydrogen-bond donors (Lipinski definition) is 2. The molecule has 4 nitrogen and oxygen atoms in total. The molecule has 1 atom stereocenters. The summed E-state index contributed by atoms with van der Waals surface area (Å²) in [7, 11) is 0. The molecule has 1 rings (SSSR count). The Morgan fingerprint density at radius 1 is 1.90 bits per heavy atom. The molecule has 5 heteroatoms. The van der Waals surface area contributed by atoms with E-state index < -0.39 is 12.1 Å². The van der Waals surface area contributed by atoms with Gasteiger partial charge in [0.15, 0.2) is 0 Å². The Labute approximate surface area is 55.7 Å². The quantitative estimate of drug-likeness (QED) is 0.635. The van der Waals surface area contributed by atoms with Crippen LogP contribution in [0.4, 0.5) is 4.39 Å². The molecule has 54 valence electrons. The van der Waals surface area contributed by atoms with Crippen molar-refractivity contribution in [3.05, 3.63) is 18.0 Å². The summed E-state index contributed by atoms with van der Waals surface area (Å²) < 4.78 is 12.4. The number of aromatic nitrogens is 2. The summed E-state index contributed by atoms with van der Waals surface area (Å²) in [5, 5.41) is 13.8. The molecule has 10 heavy (non-hydrogen) atoms. The van der Waals surface area contributed by atoms with Crippen molar-refractivity contribution in [1.29, 1.82) is 0 Å². The van der Waals surface area contributed by atoms with Crippen LogP contribution in [0, 0.1) is 0 Å². The number of hydrogen-bond acceptors (Lipinski definition) is 2. The summed E-state index contributed by atoms with van der Waals surface area (Å²) in [6.07, 6.45) is 0.371. The van der Waals surface area contributed by atoms with Crippen molar-refractivity contribution in [1.82, 2.24) is 10.2 Å². The molecule has 0 spiro atoms. The first-order valence-electron chi connectivity index (χ1n) is 2.57. The zero-order valence-corrected chi connectivity index (χ0v) is 4.91. The van der Waals surface area contributed by atoms with Gasteiger partial charge in [-0.1, -0.05) is 0 Å². The number of H-pyrrole nitrogens is 1. The zero-order valence-electron chi connectivity index (χ0n) is 4.91. The van der Waals surface area contributed by atoms with E-state index in [-0.39, 0.29) is 5.56 Å². The van der Waals surface area contributed by atoms with Gasteiger partial charge in [0.25, 0.3) is 0 Å². The number of carboxylic acids is 1. The summed E-state index contributed by atoms with van der Waals surface area (Å²) in [5.74, 6) is -1.50. The Morgan fingerprint density at radius 2 is 2.60 bits per heavy atom. The van der Waals surface area contributed by atoms with Gasteiger partial charge in [0, 0.05) is 11.8 Å². The fourth-order valence-corrected chi connectivity index (χ4v) is 0.542. The highest BCUT2D eigenvalue weighted by Gasteiger charge is 2.18. The molecule has 0 radical (unpaired) electrons. The normalized spacial score (nSPS) is 12.9. The van der Waals surface area contributed by atoms with E-state index in [0.29, 0.717) is 0 Å². The lowest BCUT2D eigenvalue weighted by atomic mass is 10.2. The van der Waals surface area contributed by atoms with Crippen molar-refractivity contribution in [2.45, 2.75) is 6.17 Å². The molecule has 1 aromatic rings. The first-order chi connectivity index (χ1) is 4.72. The number of nitrogens with one attached hydrogen (secondary N) is 1. The maximum absolute atomic E-state index is 12.4. The maximum Gasteiger partial charge on any atom is 0.343 e. The number of aromatic amines is 1. The SMILES string of the molecule is O=C(O)C(F)c1cn[nH]c1. The Morgan fingerprint density at radius 3 is 3.00 bits per heavy atom. The average molecular weight is 144 g/mol. The Bertz CT molecular complexity index is 222. The molecule has 2 N–H and O–H groups in total. The third-order valence-corrected chi connectivity index (χ3v) is 1.03. The van der Waals surface area contributed by atoms with Crippen molar-refractivity contribution >= 4 is 5.97 Å². The van der Waals surface area contributed by atoms with Gasteiger partial charge >= 0.3 is 5.97 Å². The lowest BCUT2D eigenvalue weighted by Gasteiger charge is -1.95. The van der Waals surface area contributed by atoms with Crippen molar-refractivity contribution in [3.8, 4) is 0 Å². The summed E-state index contributed by atoms with van der Waals surface area (Å²) in [5.41, 5.74) is 0.0347. The van der Waals surface area contributed by atoms with Crippen LogP contribution in [0.25, 0.3) is 0 Å². The van der Waals surface area contributed by atoms with Crippen LogP contribution in [0.1, 0.15) is 11.7 Å². The topological polar surface area (TPSA) is 66.0 Å². The Kier molecular flexibility index (Phi) is 1.66. The molecule has 0 saturated carbocycles. The standard InChI is InChI=1S/C5H5FN2O2/c6-4(5(9)10)3-1-7-8-2-3/h1-2,4H,(H,7,8)(H,9,10). The molecule has 0 aliphatic carbocycles. The summed E-state index contributed by atoms with van der Waals surface area (Å²) >= 11 is 0. The number of halogens is 1. The van der Waals surface area contributed by atoms with Crippen molar-refractivity contribution in [2.24, 2.45) is 0 Å². The molecule has 1 aromatic heterocycles. The molecule has 0 aliphatic heterocycles. The Hall–Kier alpha value is -1.39. The minimum atomic E-state index is -1.97. The van der Waals surface area contributed by atoms with Gasteiger partial charge in [0.05, 0.1) is 6.20 Å². The van der Waals surface area contributed by atoms with Gasteiger partial charge < -0.3 is 5.11 Å². The van der Waals surface area contributed by atoms with Gasteiger partial charge in [0.1, 0.15) is 0 Å². The molecule has 0 amide bonds. The van der Waals surface area contributed by atoms with Gasteiger partial charge in [-0.05, 0) is 0 Å². The van der Waals surface area contributed by atoms with Crippen molar-refractivity contribution < 1.29 is 14.3 Å². The summed E-state index contributed by atoms with van der Waals surface area (Å²) in [4.78, 5) is 9.98. The first-order valence-corrected chi connectivity index (χ1v) is 2.57. The van der Waals surface area contributed by atoms with E-state index in [1.54, 1.807) is 0 Å².